The van der Waals surface area contributed by atoms with E-state index in [1.54, 1.807) is 36.4 Å². The van der Waals surface area contributed by atoms with Crippen LogP contribution in [0.25, 0.3) is 11.3 Å². The highest BCUT2D eigenvalue weighted by Gasteiger charge is 2.19. The molecule has 248 valence electrons. The molecule has 12 heteroatoms. The maximum Gasteiger partial charge on any atom is 0.420 e. The summed E-state index contributed by atoms with van der Waals surface area (Å²) in [7, 11) is 3.67. The van der Waals surface area contributed by atoms with Gasteiger partial charge in [-0.2, -0.15) is 4.98 Å². The second kappa shape index (κ2) is 15.3. The predicted molar refractivity (Wildman–Crippen MR) is 186 cm³/mol. The molecule has 1 saturated heterocycles. The minimum Gasteiger partial charge on any atom is -0.490 e. The van der Waals surface area contributed by atoms with Crippen LogP contribution in [0.1, 0.15) is 23.1 Å². The van der Waals surface area contributed by atoms with E-state index in [0.717, 1.165) is 61.4 Å². The summed E-state index contributed by atoms with van der Waals surface area (Å²) in [6, 6.07) is 14.9. The lowest BCUT2D eigenvalue weighted by Gasteiger charge is -2.32. The van der Waals surface area contributed by atoms with Crippen molar-refractivity contribution in [1.29, 1.82) is 0 Å². The van der Waals surface area contributed by atoms with Crippen molar-refractivity contribution in [1.82, 2.24) is 19.8 Å². The number of aromatic nitrogens is 2. The van der Waals surface area contributed by atoms with Crippen LogP contribution >= 0.6 is 23.2 Å². The monoisotopic (exact) mass is 680 g/mol. The lowest BCUT2D eigenvalue weighted by atomic mass is 9.97. The molecule has 2 heterocycles. The van der Waals surface area contributed by atoms with Gasteiger partial charge in [0.05, 0.1) is 12.3 Å². The number of likely N-dealkylation sites (N-methyl/N-ethyl adjacent to an activating group) is 1. The molecule has 0 spiro atoms. The van der Waals surface area contributed by atoms with Crippen molar-refractivity contribution in [2.24, 2.45) is 0 Å². The van der Waals surface area contributed by atoms with Gasteiger partial charge in [-0.1, -0.05) is 35.3 Å². The number of rotatable bonds is 10. The van der Waals surface area contributed by atoms with Crippen LogP contribution in [0.5, 0.6) is 11.6 Å². The molecule has 1 N–H and O–H groups in total. The first-order valence-electron chi connectivity index (χ1n) is 15.4. The molecular weight excluding hydrogens is 642 g/mol. The number of hydrogen-bond donors (Lipinski definition) is 1. The van der Waals surface area contributed by atoms with Gasteiger partial charge in [0.15, 0.2) is 11.6 Å². The smallest absolute Gasteiger partial charge is 0.420 e. The van der Waals surface area contributed by atoms with Crippen molar-refractivity contribution in [3.05, 3.63) is 87.2 Å². The number of carbonyl (C=O) groups excluding carboxylic acids is 1. The molecule has 0 aliphatic carbocycles. The molecule has 1 fully saturated rings. The van der Waals surface area contributed by atoms with E-state index >= 15 is 4.39 Å². The summed E-state index contributed by atoms with van der Waals surface area (Å²) in [4.78, 5) is 28.3. The number of aryl methyl sites for hydroxylation is 1. The summed E-state index contributed by atoms with van der Waals surface area (Å²) in [6.45, 7) is 11.6. The lowest BCUT2D eigenvalue weighted by Crippen LogP contribution is -2.44. The second-order valence-electron chi connectivity index (χ2n) is 11.8. The molecule has 1 aliphatic heterocycles. The van der Waals surface area contributed by atoms with E-state index in [2.05, 4.69) is 27.1 Å². The number of benzene rings is 3. The zero-order chi connectivity index (χ0) is 33.7. The van der Waals surface area contributed by atoms with Crippen LogP contribution in [0.2, 0.25) is 10.0 Å². The van der Waals surface area contributed by atoms with Crippen LogP contribution < -0.4 is 19.7 Å². The van der Waals surface area contributed by atoms with E-state index in [1.807, 2.05) is 32.9 Å². The van der Waals surface area contributed by atoms with Crippen LogP contribution in [0, 0.1) is 26.6 Å². The standard InChI is InChI=1S/C35H39Cl2FN6O3/c1-22-7-9-29(24(3)23(22)2)31-21-33(47-35(45)43(5)28-18-25(36)17-26(37)19-28)41-34(40-31)39-27-8-10-32(30(38)20-27)46-16-6-11-44-14-12-42(4)13-15-44/h7-10,17-21H,6,11-16H2,1-5H3,(H,39,40,41). The molecule has 4 aromatic rings. The number of carbonyl (C=O) groups is 1. The largest absolute Gasteiger partial charge is 0.490 e. The normalized spacial score (nSPS) is 13.8. The van der Waals surface area contributed by atoms with E-state index < -0.39 is 11.9 Å². The van der Waals surface area contributed by atoms with Gasteiger partial charge in [-0.25, -0.2) is 14.2 Å². The van der Waals surface area contributed by atoms with Gasteiger partial charge >= 0.3 is 6.09 Å². The SMILES string of the molecule is Cc1ccc(-c2cc(OC(=O)N(C)c3cc(Cl)cc(Cl)c3)nc(Nc3ccc(OCCCN4CCN(C)CC4)c(F)c3)n2)c(C)c1C. The van der Waals surface area contributed by atoms with Crippen molar-refractivity contribution < 1.29 is 18.7 Å². The third kappa shape index (κ3) is 8.90. The van der Waals surface area contributed by atoms with Crippen molar-refractivity contribution in [3.8, 4) is 22.9 Å². The molecule has 0 bridgehead atoms. The fourth-order valence-corrected chi connectivity index (χ4v) is 5.78. The minimum absolute atomic E-state index is 0.000814. The highest BCUT2D eigenvalue weighted by Crippen LogP contribution is 2.31. The average Bonchev–Trinajstić information content (AvgIpc) is 3.02. The number of halogens is 3. The number of piperazine rings is 1. The van der Waals surface area contributed by atoms with Crippen LogP contribution in [-0.4, -0.2) is 79.3 Å². The predicted octanol–water partition coefficient (Wildman–Crippen LogP) is 7.91. The van der Waals surface area contributed by atoms with E-state index in [4.69, 9.17) is 37.7 Å². The van der Waals surface area contributed by atoms with E-state index in [-0.39, 0.29) is 17.6 Å². The third-order valence-electron chi connectivity index (χ3n) is 8.40. The van der Waals surface area contributed by atoms with Crippen molar-refractivity contribution >= 4 is 46.6 Å². The molecular formula is C35H39Cl2FN6O3. The molecule has 0 radical (unpaired) electrons. The summed E-state index contributed by atoms with van der Waals surface area (Å²) >= 11 is 12.3. The minimum atomic E-state index is -0.712. The summed E-state index contributed by atoms with van der Waals surface area (Å²) < 4.78 is 26.6. The Bertz CT molecular complexity index is 1730. The zero-order valence-corrected chi connectivity index (χ0v) is 28.8. The fraction of sp³-hybridized carbons (Fsp3) is 0.343. The molecule has 5 rings (SSSR count). The summed E-state index contributed by atoms with van der Waals surface area (Å²) in [5.74, 6) is -0.213. The number of anilines is 3. The van der Waals surface area contributed by atoms with Gasteiger partial charge in [-0.05, 0) is 81.3 Å². The number of nitrogens with one attached hydrogen (secondary N) is 1. The quantitative estimate of drug-likeness (QED) is 0.169. The summed E-state index contributed by atoms with van der Waals surface area (Å²) in [6.07, 6.45) is 0.0961. The Balaban J connectivity index is 1.33. The van der Waals surface area contributed by atoms with Gasteiger partial charge in [0, 0.05) is 78.9 Å². The van der Waals surface area contributed by atoms with Gasteiger partial charge in [0.25, 0.3) is 0 Å². The second-order valence-corrected chi connectivity index (χ2v) is 12.6. The highest BCUT2D eigenvalue weighted by molar-refractivity contribution is 6.35. The number of amides is 1. The Labute approximate surface area is 285 Å². The molecule has 47 heavy (non-hydrogen) atoms. The van der Waals surface area contributed by atoms with Gasteiger partial charge in [0.2, 0.25) is 11.8 Å². The molecule has 1 aliphatic rings. The Morgan fingerprint density at radius 1 is 0.957 bits per heavy atom. The fourth-order valence-electron chi connectivity index (χ4n) is 5.27. The van der Waals surface area contributed by atoms with Gasteiger partial charge in [0.1, 0.15) is 0 Å². The molecule has 3 aromatic carbocycles. The van der Waals surface area contributed by atoms with Gasteiger partial charge < -0.3 is 24.6 Å². The van der Waals surface area contributed by atoms with Crippen LogP contribution in [0.3, 0.4) is 0 Å². The number of ether oxygens (including phenoxy) is 2. The molecule has 0 saturated carbocycles. The number of hydrogen-bond acceptors (Lipinski definition) is 8. The maximum atomic E-state index is 15.1. The molecule has 9 nitrogen and oxygen atoms in total. The molecule has 0 unspecified atom stereocenters. The van der Waals surface area contributed by atoms with Crippen LogP contribution in [0.4, 0.5) is 26.5 Å². The van der Waals surface area contributed by atoms with E-state index in [9.17, 15) is 4.79 Å². The molecule has 1 amide bonds. The average molecular weight is 682 g/mol. The maximum absolute atomic E-state index is 15.1. The number of nitrogens with zero attached hydrogens (tertiary/aromatic N) is 5. The Kier molecular flexibility index (Phi) is 11.2. The summed E-state index contributed by atoms with van der Waals surface area (Å²) in [5.41, 5.74) is 5.51. The topological polar surface area (TPSA) is 83.1 Å². The first kappa shape index (κ1) is 34.4. The van der Waals surface area contributed by atoms with Crippen molar-refractivity contribution in [2.75, 3.05) is 63.6 Å². The lowest BCUT2D eigenvalue weighted by molar-refractivity contribution is 0.145. The first-order valence-corrected chi connectivity index (χ1v) is 16.2. The Morgan fingerprint density at radius 2 is 1.68 bits per heavy atom. The van der Waals surface area contributed by atoms with Crippen LogP contribution in [-0.2, 0) is 0 Å². The highest BCUT2D eigenvalue weighted by atomic mass is 35.5. The third-order valence-corrected chi connectivity index (χ3v) is 8.83. The zero-order valence-electron chi connectivity index (χ0n) is 27.2. The molecule has 1 aromatic heterocycles. The Morgan fingerprint density at radius 3 is 2.38 bits per heavy atom. The van der Waals surface area contributed by atoms with E-state index in [1.165, 1.54) is 18.0 Å². The summed E-state index contributed by atoms with van der Waals surface area (Å²) in [5, 5.41) is 3.82. The van der Waals surface area contributed by atoms with E-state index in [0.29, 0.717) is 33.7 Å². The first-order chi connectivity index (χ1) is 22.5. The Hall–Kier alpha value is -3.96. The molecule has 0 atom stereocenters. The van der Waals surface area contributed by atoms with Gasteiger partial charge in [-0.15, -0.1) is 0 Å². The van der Waals surface area contributed by atoms with Crippen molar-refractivity contribution in [2.45, 2.75) is 27.2 Å². The van der Waals surface area contributed by atoms with Gasteiger partial charge in [-0.3, -0.25) is 4.90 Å². The van der Waals surface area contributed by atoms with Crippen molar-refractivity contribution in [3.63, 3.8) is 0 Å². The van der Waals surface area contributed by atoms with Crippen LogP contribution in [0.15, 0.2) is 54.6 Å².